The van der Waals surface area contributed by atoms with Crippen LogP contribution in [-0.2, 0) is 4.74 Å². The molecule has 0 aromatic heterocycles. The van der Waals surface area contributed by atoms with Crippen molar-refractivity contribution in [3.05, 3.63) is 0 Å². The third-order valence-electron chi connectivity index (χ3n) is 2.87. The first-order valence-electron chi connectivity index (χ1n) is 5.84. The molecule has 15 heavy (non-hydrogen) atoms. The highest BCUT2D eigenvalue weighted by molar-refractivity contribution is 5.68. The van der Waals surface area contributed by atoms with Gasteiger partial charge < -0.3 is 15.4 Å². The monoisotopic (exact) mass is 214 g/mol. The zero-order valence-electron chi connectivity index (χ0n) is 9.74. The van der Waals surface area contributed by atoms with Crippen LogP contribution in [0.5, 0.6) is 0 Å². The number of hydrogen-bond donors (Lipinski definition) is 1. The first kappa shape index (κ1) is 12.3. The third kappa shape index (κ3) is 3.70. The van der Waals surface area contributed by atoms with E-state index in [4.69, 9.17) is 10.5 Å². The molecule has 1 fully saturated rings. The molecule has 88 valence electrons. The van der Waals surface area contributed by atoms with Crippen LogP contribution in [0.2, 0.25) is 0 Å². The fraction of sp³-hybridized carbons (Fsp3) is 0.909. The van der Waals surface area contributed by atoms with E-state index in [0.29, 0.717) is 6.61 Å². The van der Waals surface area contributed by atoms with E-state index in [0.717, 1.165) is 32.2 Å². The Bertz CT molecular complexity index is 209. The molecule has 0 bridgehead atoms. The fourth-order valence-corrected chi connectivity index (χ4v) is 1.87. The molecule has 0 spiro atoms. The molecule has 0 radical (unpaired) electrons. The van der Waals surface area contributed by atoms with E-state index in [2.05, 4.69) is 6.92 Å². The molecule has 4 heteroatoms. The van der Waals surface area contributed by atoms with Gasteiger partial charge in [0, 0.05) is 18.6 Å². The van der Waals surface area contributed by atoms with Gasteiger partial charge in [0.25, 0.3) is 0 Å². The molecule has 1 aliphatic rings. The molecule has 2 unspecified atom stereocenters. The van der Waals surface area contributed by atoms with E-state index in [-0.39, 0.29) is 18.2 Å². The Hall–Kier alpha value is -0.770. The van der Waals surface area contributed by atoms with Gasteiger partial charge in [-0.25, -0.2) is 4.79 Å². The topological polar surface area (TPSA) is 55.6 Å². The van der Waals surface area contributed by atoms with Crippen LogP contribution >= 0.6 is 0 Å². The largest absolute Gasteiger partial charge is 0.449 e. The number of carbonyl (C=O) groups excluding carboxylic acids is 1. The summed E-state index contributed by atoms with van der Waals surface area (Å²) >= 11 is 0. The van der Waals surface area contributed by atoms with E-state index in [1.165, 1.54) is 0 Å². The van der Waals surface area contributed by atoms with Gasteiger partial charge >= 0.3 is 6.09 Å². The maximum Gasteiger partial charge on any atom is 0.409 e. The summed E-state index contributed by atoms with van der Waals surface area (Å²) in [6.45, 7) is 5.37. The summed E-state index contributed by atoms with van der Waals surface area (Å²) in [4.78, 5) is 13.4. The van der Waals surface area contributed by atoms with Crippen molar-refractivity contribution in [3.63, 3.8) is 0 Å². The number of rotatable bonds is 3. The standard InChI is InChI=1S/C11H22N2O2/c1-3-4-7-15-11(14)13-6-5-10(12)8-9(13)2/h9-10H,3-8,12H2,1-2H3. The van der Waals surface area contributed by atoms with E-state index >= 15 is 0 Å². The minimum Gasteiger partial charge on any atom is -0.449 e. The summed E-state index contributed by atoms with van der Waals surface area (Å²) in [6.07, 6.45) is 3.57. The quantitative estimate of drug-likeness (QED) is 0.728. The number of unbranched alkanes of at least 4 members (excludes halogenated alkanes) is 1. The first-order valence-corrected chi connectivity index (χ1v) is 5.84. The maximum atomic E-state index is 11.7. The molecule has 0 saturated carbocycles. The summed E-state index contributed by atoms with van der Waals surface area (Å²) in [7, 11) is 0. The zero-order valence-corrected chi connectivity index (χ0v) is 9.74. The van der Waals surface area contributed by atoms with E-state index in [1.54, 1.807) is 4.90 Å². The second kappa shape index (κ2) is 5.95. The number of carbonyl (C=O) groups is 1. The lowest BCUT2D eigenvalue weighted by atomic mass is 10.00. The van der Waals surface area contributed by atoms with Crippen LogP contribution in [0.1, 0.15) is 39.5 Å². The summed E-state index contributed by atoms with van der Waals surface area (Å²) in [6, 6.07) is 0.447. The fourth-order valence-electron chi connectivity index (χ4n) is 1.87. The molecule has 0 aliphatic carbocycles. The van der Waals surface area contributed by atoms with Crippen molar-refractivity contribution >= 4 is 6.09 Å². The van der Waals surface area contributed by atoms with Gasteiger partial charge in [-0.05, 0) is 26.2 Å². The Morgan fingerprint density at radius 3 is 2.93 bits per heavy atom. The highest BCUT2D eigenvalue weighted by atomic mass is 16.6. The highest BCUT2D eigenvalue weighted by Crippen LogP contribution is 2.16. The maximum absolute atomic E-state index is 11.7. The Balaban J connectivity index is 2.32. The molecule has 0 aromatic carbocycles. The SMILES string of the molecule is CCCCOC(=O)N1CCC(N)CC1C. The molecular weight excluding hydrogens is 192 g/mol. The third-order valence-corrected chi connectivity index (χ3v) is 2.87. The molecule has 4 nitrogen and oxygen atoms in total. The predicted octanol–water partition coefficient (Wildman–Crippen LogP) is 1.73. The molecule has 1 heterocycles. The number of nitrogens with two attached hydrogens (primary N) is 1. The normalized spacial score (nSPS) is 26.5. The lowest BCUT2D eigenvalue weighted by Gasteiger charge is -2.35. The molecule has 1 rings (SSSR count). The number of hydrogen-bond acceptors (Lipinski definition) is 3. The number of ether oxygens (including phenoxy) is 1. The Kier molecular flexibility index (Phi) is 4.88. The zero-order chi connectivity index (χ0) is 11.3. The van der Waals surface area contributed by atoms with E-state index < -0.39 is 0 Å². The number of amides is 1. The molecule has 2 N–H and O–H groups in total. The Labute approximate surface area is 91.8 Å². The lowest BCUT2D eigenvalue weighted by molar-refractivity contribution is 0.0732. The van der Waals surface area contributed by atoms with E-state index in [9.17, 15) is 4.79 Å². The van der Waals surface area contributed by atoms with Crippen molar-refractivity contribution in [2.75, 3.05) is 13.2 Å². The summed E-state index contributed by atoms with van der Waals surface area (Å²) < 4.78 is 5.17. The number of piperidine rings is 1. The van der Waals surface area contributed by atoms with Gasteiger partial charge in [0.15, 0.2) is 0 Å². The molecule has 1 saturated heterocycles. The van der Waals surface area contributed by atoms with Gasteiger partial charge in [0.05, 0.1) is 6.61 Å². The van der Waals surface area contributed by atoms with E-state index in [1.807, 2.05) is 6.92 Å². The van der Waals surface area contributed by atoms with Crippen LogP contribution < -0.4 is 5.73 Å². The Morgan fingerprint density at radius 2 is 2.33 bits per heavy atom. The van der Waals surface area contributed by atoms with Gasteiger partial charge in [-0.2, -0.15) is 0 Å². The lowest BCUT2D eigenvalue weighted by Crippen LogP contribution is -2.48. The van der Waals surface area contributed by atoms with Crippen molar-refractivity contribution in [2.45, 2.75) is 51.6 Å². The van der Waals surface area contributed by atoms with Gasteiger partial charge in [-0.15, -0.1) is 0 Å². The van der Waals surface area contributed by atoms with Crippen molar-refractivity contribution in [3.8, 4) is 0 Å². The second-order valence-corrected chi connectivity index (χ2v) is 4.29. The number of nitrogens with zero attached hydrogens (tertiary/aromatic N) is 1. The van der Waals surface area contributed by atoms with Crippen molar-refractivity contribution < 1.29 is 9.53 Å². The van der Waals surface area contributed by atoms with Crippen molar-refractivity contribution in [1.29, 1.82) is 0 Å². The molecular formula is C11H22N2O2. The average molecular weight is 214 g/mol. The van der Waals surface area contributed by atoms with Crippen LogP contribution in [0, 0.1) is 0 Å². The van der Waals surface area contributed by atoms with Crippen LogP contribution in [0.4, 0.5) is 4.79 Å². The minimum atomic E-state index is -0.178. The van der Waals surface area contributed by atoms with Gasteiger partial charge in [0.1, 0.15) is 0 Å². The average Bonchev–Trinajstić information content (AvgIpc) is 2.17. The Morgan fingerprint density at radius 1 is 1.60 bits per heavy atom. The first-order chi connectivity index (χ1) is 7.15. The van der Waals surface area contributed by atoms with Gasteiger partial charge in [-0.1, -0.05) is 13.3 Å². The minimum absolute atomic E-state index is 0.178. The predicted molar refractivity (Wildman–Crippen MR) is 59.6 cm³/mol. The molecule has 1 aliphatic heterocycles. The molecule has 2 atom stereocenters. The highest BCUT2D eigenvalue weighted by Gasteiger charge is 2.27. The van der Waals surface area contributed by atoms with Crippen LogP contribution in [-0.4, -0.2) is 36.2 Å². The second-order valence-electron chi connectivity index (χ2n) is 4.29. The summed E-state index contributed by atoms with van der Waals surface area (Å²) in [5.41, 5.74) is 5.83. The van der Waals surface area contributed by atoms with Gasteiger partial charge in [-0.3, -0.25) is 0 Å². The van der Waals surface area contributed by atoms with Crippen molar-refractivity contribution in [1.82, 2.24) is 4.90 Å². The van der Waals surface area contributed by atoms with Crippen LogP contribution in [0.3, 0.4) is 0 Å². The number of likely N-dealkylation sites (tertiary alicyclic amines) is 1. The van der Waals surface area contributed by atoms with Crippen LogP contribution in [0.25, 0.3) is 0 Å². The van der Waals surface area contributed by atoms with Crippen molar-refractivity contribution in [2.24, 2.45) is 5.73 Å². The van der Waals surface area contributed by atoms with Crippen LogP contribution in [0.15, 0.2) is 0 Å². The summed E-state index contributed by atoms with van der Waals surface area (Å²) in [5.74, 6) is 0. The molecule has 0 aromatic rings. The summed E-state index contributed by atoms with van der Waals surface area (Å²) in [5, 5.41) is 0. The smallest absolute Gasteiger partial charge is 0.409 e. The molecule has 1 amide bonds. The van der Waals surface area contributed by atoms with Gasteiger partial charge in [0.2, 0.25) is 0 Å².